The van der Waals surface area contributed by atoms with Crippen molar-refractivity contribution in [3.63, 3.8) is 0 Å². The van der Waals surface area contributed by atoms with E-state index in [2.05, 4.69) is 26.3 Å². The van der Waals surface area contributed by atoms with Crippen LogP contribution in [0.15, 0.2) is 48.8 Å². The average molecular weight is 640 g/mol. The van der Waals surface area contributed by atoms with Gasteiger partial charge in [-0.1, -0.05) is 42.3 Å². The average Bonchev–Trinajstić information content (AvgIpc) is 3.78. The van der Waals surface area contributed by atoms with Gasteiger partial charge >= 0.3 is 0 Å². The minimum atomic E-state index is -1.77. The minimum Gasteiger partial charge on any atom is -0.384 e. The van der Waals surface area contributed by atoms with E-state index in [1.54, 1.807) is 30.3 Å². The molecule has 12 heteroatoms. The van der Waals surface area contributed by atoms with E-state index in [9.17, 15) is 15.2 Å². The van der Waals surface area contributed by atoms with E-state index in [1.807, 2.05) is 6.92 Å². The molecule has 1 aromatic heterocycles. The fourth-order valence-corrected chi connectivity index (χ4v) is 6.32. The molecule has 2 aromatic carbocycles. The summed E-state index contributed by atoms with van der Waals surface area (Å²) < 4.78 is 23.4. The Balaban J connectivity index is 1.51. The van der Waals surface area contributed by atoms with Crippen molar-refractivity contribution in [1.82, 2.24) is 25.1 Å². The van der Waals surface area contributed by atoms with Gasteiger partial charge in [0.15, 0.2) is 5.72 Å². The van der Waals surface area contributed by atoms with Crippen molar-refractivity contribution in [3.05, 3.63) is 92.7 Å². The Morgan fingerprint density at radius 2 is 1.82 bits per heavy atom. The molecular formula is C32H33Cl2FN6O3. The molecular weight excluding hydrogens is 606 g/mol. The molecule has 3 aliphatic rings. The van der Waals surface area contributed by atoms with Gasteiger partial charge in [0.1, 0.15) is 17.2 Å². The van der Waals surface area contributed by atoms with Gasteiger partial charge in [-0.05, 0) is 49.1 Å². The lowest BCUT2D eigenvalue weighted by Crippen LogP contribution is -2.49. The molecule has 3 heterocycles. The van der Waals surface area contributed by atoms with E-state index < -0.39 is 28.5 Å². The Bertz CT molecular complexity index is 1590. The third-order valence-electron chi connectivity index (χ3n) is 8.96. The van der Waals surface area contributed by atoms with Crippen molar-refractivity contribution in [1.29, 1.82) is 5.26 Å². The van der Waals surface area contributed by atoms with E-state index >= 15 is 4.39 Å². The summed E-state index contributed by atoms with van der Waals surface area (Å²) in [4.78, 5) is 26.6. The van der Waals surface area contributed by atoms with Crippen LogP contribution in [0.1, 0.15) is 59.1 Å². The van der Waals surface area contributed by atoms with Crippen molar-refractivity contribution in [2.24, 2.45) is 5.41 Å². The number of nitrogens with zero attached hydrogens (tertiary/aromatic N) is 5. The van der Waals surface area contributed by atoms with Gasteiger partial charge in [0.25, 0.3) is 5.91 Å². The van der Waals surface area contributed by atoms with Crippen molar-refractivity contribution in [2.45, 2.75) is 44.1 Å². The number of ether oxygens (including phenoxy) is 1. The zero-order valence-corrected chi connectivity index (χ0v) is 25.8. The van der Waals surface area contributed by atoms with E-state index in [1.165, 1.54) is 23.4 Å². The number of hydrogen-bond donors (Lipinski definition) is 2. The minimum absolute atomic E-state index is 0.0110. The Kier molecular flexibility index (Phi) is 8.39. The number of nitrogens with one attached hydrogen (secondary N) is 1. The van der Waals surface area contributed by atoms with Crippen LogP contribution in [0.3, 0.4) is 0 Å². The molecule has 1 saturated carbocycles. The maximum Gasteiger partial charge on any atom is 0.257 e. The first-order chi connectivity index (χ1) is 21.1. The van der Waals surface area contributed by atoms with Gasteiger partial charge in [0, 0.05) is 55.7 Å². The van der Waals surface area contributed by atoms with Gasteiger partial charge in [-0.2, -0.15) is 5.26 Å². The summed E-state index contributed by atoms with van der Waals surface area (Å²) in [5, 5.41) is 25.8. The SMILES string of the molecule is CCC(O)(CN1CCNCC1)c1cc(F)c2c(c1)C(=O)N(Cc1ncc(Cl)cn1)[C@@]2(OCC1(C#N)CC1)c1ccc(Cl)cc1. The van der Waals surface area contributed by atoms with Gasteiger partial charge in [-0.15, -0.1) is 0 Å². The van der Waals surface area contributed by atoms with Gasteiger partial charge in [-0.25, -0.2) is 14.4 Å². The Labute approximate surface area is 265 Å². The highest BCUT2D eigenvalue weighted by molar-refractivity contribution is 6.30. The number of carbonyl (C=O) groups is 1. The van der Waals surface area contributed by atoms with Gasteiger partial charge in [0.05, 0.1) is 40.8 Å². The Morgan fingerprint density at radius 3 is 2.43 bits per heavy atom. The third-order valence-corrected chi connectivity index (χ3v) is 9.41. The monoisotopic (exact) mass is 638 g/mol. The molecule has 3 aromatic rings. The predicted molar refractivity (Wildman–Crippen MR) is 162 cm³/mol. The molecule has 1 saturated heterocycles. The first-order valence-corrected chi connectivity index (χ1v) is 15.5. The van der Waals surface area contributed by atoms with Crippen LogP contribution in [-0.2, 0) is 22.6 Å². The number of rotatable bonds is 10. The van der Waals surface area contributed by atoms with Crippen LogP contribution in [0.5, 0.6) is 0 Å². The van der Waals surface area contributed by atoms with E-state index in [4.69, 9.17) is 27.9 Å². The number of fused-ring (bicyclic) bond motifs is 1. The van der Waals surface area contributed by atoms with E-state index in [0.29, 0.717) is 47.0 Å². The molecule has 0 radical (unpaired) electrons. The van der Waals surface area contributed by atoms with Gasteiger partial charge < -0.3 is 15.2 Å². The molecule has 2 atom stereocenters. The van der Waals surface area contributed by atoms with Crippen molar-refractivity contribution in [2.75, 3.05) is 39.3 Å². The fraction of sp³-hybridized carbons (Fsp3) is 0.438. The first-order valence-electron chi connectivity index (χ1n) is 14.7. The summed E-state index contributed by atoms with van der Waals surface area (Å²) in [6, 6.07) is 11.9. The van der Waals surface area contributed by atoms with Gasteiger partial charge in [0.2, 0.25) is 0 Å². The van der Waals surface area contributed by atoms with Crippen LogP contribution in [0.25, 0.3) is 0 Å². The van der Waals surface area contributed by atoms with Crippen LogP contribution >= 0.6 is 23.2 Å². The molecule has 2 N–H and O–H groups in total. The zero-order chi connectivity index (χ0) is 31.1. The predicted octanol–water partition coefficient (Wildman–Crippen LogP) is 4.60. The summed E-state index contributed by atoms with van der Waals surface area (Å²) >= 11 is 12.3. The molecule has 230 valence electrons. The van der Waals surface area contributed by atoms with E-state index in [-0.39, 0.29) is 30.1 Å². The van der Waals surface area contributed by atoms with Crippen molar-refractivity contribution >= 4 is 29.1 Å². The summed E-state index contributed by atoms with van der Waals surface area (Å²) in [5.41, 5.74) is -3.05. The number of amides is 1. The van der Waals surface area contributed by atoms with Crippen LogP contribution < -0.4 is 5.32 Å². The number of hydrogen-bond acceptors (Lipinski definition) is 8. The number of aliphatic hydroxyl groups is 1. The summed E-state index contributed by atoms with van der Waals surface area (Å²) in [7, 11) is 0. The highest BCUT2D eigenvalue weighted by Crippen LogP contribution is 2.52. The van der Waals surface area contributed by atoms with Crippen LogP contribution in [0, 0.1) is 22.6 Å². The molecule has 1 unspecified atom stereocenters. The first kappa shape index (κ1) is 30.8. The number of aromatic nitrogens is 2. The Morgan fingerprint density at radius 1 is 1.14 bits per heavy atom. The van der Waals surface area contributed by atoms with Crippen LogP contribution in [0.2, 0.25) is 10.0 Å². The lowest BCUT2D eigenvalue weighted by atomic mass is 9.85. The highest BCUT2D eigenvalue weighted by atomic mass is 35.5. The number of carbonyl (C=O) groups excluding carboxylic acids is 1. The highest BCUT2D eigenvalue weighted by Gasteiger charge is 2.57. The molecule has 1 amide bonds. The van der Waals surface area contributed by atoms with Crippen molar-refractivity contribution in [3.8, 4) is 6.07 Å². The number of halogens is 3. The van der Waals surface area contributed by atoms with Crippen molar-refractivity contribution < 1.29 is 19.0 Å². The fourth-order valence-electron chi connectivity index (χ4n) is 6.09. The number of nitriles is 1. The second kappa shape index (κ2) is 12.0. The summed E-state index contributed by atoms with van der Waals surface area (Å²) in [6.45, 7) is 5.06. The normalized spacial score (nSPS) is 22.4. The summed E-state index contributed by atoms with van der Waals surface area (Å²) in [6.07, 6.45) is 4.44. The maximum atomic E-state index is 16.8. The third kappa shape index (κ3) is 5.58. The van der Waals surface area contributed by atoms with E-state index in [0.717, 1.165) is 26.2 Å². The number of piperazine rings is 1. The smallest absolute Gasteiger partial charge is 0.257 e. The number of benzene rings is 2. The summed E-state index contributed by atoms with van der Waals surface area (Å²) in [5.74, 6) is -0.950. The standard InChI is InChI=1S/C32H33Cl2FN6O3/c1-2-31(43,19-40-11-9-37-10-12-40)22-13-25-28(26(35)14-22)32(21-3-5-23(33)6-4-21,44-20-30(18-36)7-8-30)41(29(25)42)17-27-38-15-24(34)16-39-27/h3-6,13-16,37,43H,2,7-12,17,19-20H2,1H3/t31?,32-/m1/s1. The lowest BCUT2D eigenvalue weighted by molar-refractivity contribution is -0.122. The molecule has 0 bridgehead atoms. The zero-order valence-electron chi connectivity index (χ0n) is 24.3. The second-order valence-corrected chi connectivity index (χ2v) is 12.7. The topological polar surface area (TPSA) is 115 Å². The molecule has 9 nitrogen and oxygen atoms in total. The molecule has 0 spiro atoms. The lowest BCUT2D eigenvalue weighted by Gasteiger charge is -2.40. The van der Waals surface area contributed by atoms with Crippen LogP contribution in [0.4, 0.5) is 4.39 Å². The number of β-amino-alcohol motifs (C(OH)–C–C–N with tert-alkyl or cyclic N) is 1. The molecule has 1 aliphatic carbocycles. The largest absolute Gasteiger partial charge is 0.384 e. The molecule has 44 heavy (non-hydrogen) atoms. The second-order valence-electron chi connectivity index (χ2n) is 11.8. The Hall–Kier alpha value is -3.17. The molecule has 2 aliphatic heterocycles. The quantitative estimate of drug-likeness (QED) is 0.331. The molecule has 6 rings (SSSR count). The van der Waals surface area contributed by atoms with Crippen LogP contribution in [-0.4, -0.2) is 70.1 Å². The van der Waals surface area contributed by atoms with Gasteiger partial charge in [-0.3, -0.25) is 14.6 Å². The molecule has 2 fully saturated rings. The maximum absolute atomic E-state index is 16.8.